The molecule has 0 fully saturated rings. The van der Waals surface area contributed by atoms with Crippen LogP contribution in [0.3, 0.4) is 0 Å². The molecule has 0 saturated carbocycles. The molecule has 4 nitrogen and oxygen atoms in total. The van der Waals surface area contributed by atoms with E-state index in [0.717, 1.165) is 6.26 Å². The van der Waals surface area contributed by atoms with Gasteiger partial charge in [-0.2, -0.15) is 5.26 Å². The van der Waals surface area contributed by atoms with Crippen molar-refractivity contribution in [1.29, 1.82) is 5.26 Å². The number of hydrogen-bond acceptors (Lipinski definition) is 3. The minimum atomic E-state index is -3.37. The third kappa shape index (κ3) is 2.91. The second-order valence-corrected chi connectivity index (χ2v) is 4.84. The van der Waals surface area contributed by atoms with E-state index in [0.29, 0.717) is 5.56 Å². The Labute approximate surface area is 87.2 Å². The minimum absolute atomic E-state index is 0.216. The molecule has 0 aromatic heterocycles. The van der Waals surface area contributed by atoms with Gasteiger partial charge in [0.25, 0.3) is 0 Å². The van der Waals surface area contributed by atoms with Crippen LogP contribution in [0.2, 0.25) is 5.02 Å². The second kappa shape index (κ2) is 3.86. The monoisotopic (exact) mass is 230 g/mol. The topological polar surface area (TPSA) is 70.0 Å². The summed E-state index contributed by atoms with van der Waals surface area (Å²) in [6.07, 6.45) is 1.02. The van der Waals surface area contributed by atoms with Gasteiger partial charge in [0.2, 0.25) is 10.0 Å². The maximum Gasteiger partial charge on any atom is 0.229 e. The predicted octanol–water partition coefficient (Wildman–Crippen LogP) is 1.58. The van der Waals surface area contributed by atoms with E-state index in [-0.39, 0.29) is 10.7 Å². The van der Waals surface area contributed by atoms with Crippen molar-refractivity contribution in [2.75, 3.05) is 11.0 Å². The molecule has 1 aromatic carbocycles. The molecule has 0 atom stereocenters. The Hall–Kier alpha value is -1.25. The van der Waals surface area contributed by atoms with Crippen LogP contribution in [0.25, 0.3) is 0 Å². The highest BCUT2D eigenvalue weighted by Gasteiger charge is 2.06. The largest absolute Gasteiger partial charge is 0.282 e. The number of nitrogens with one attached hydrogen (secondary N) is 1. The van der Waals surface area contributed by atoms with E-state index in [2.05, 4.69) is 4.72 Å². The average molecular weight is 231 g/mol. The summed E-state index contributed by atoms with van der Waals surface area (Å²) in [4.78, 5) is 0. The summed E-state index contributed by atoms with van der Waals surface area (Å²) in [5.41, 5.74) is 0.564. The Kier molecular flexibility index (Phi) is 2.99. The van der Waals surface area contributed by atoms with Gasteiger partial charge >= 0.3 is 0 Å². The van der Waals surface area contributed by atoms with Crippen molar-refractivity contribution < 1.29 is 8.42 Å². The van der Waals surface area contributed by atoms with Crippen LogP contribution in [0.4, 0.5) is 5.69 Å². The summed E-state index contributed by atoms with van der Waals surface area (Å²) in [6, 6.07) is 6.24. The van der Waals surface area contributed by atoms with Gasteiger partial charge in [-0.1, -0.05) is 11.6 Å². The first-order chi connectivity index (χ1) is 6.42. The Balaban J connectivity index is 3.15. The predicted molar refractivity (Wildman–Crippen MR) is 54.6 cm³/mol. The molecule has 1 N–H and O–H groups in total. The number of hydrogen-bond donors (Lipinski definition) is 1. The maximum atomic E-state index is 10.9. The molecule has 0 aliphatic carbocycles. The highest BCUT2D eigenvalue weighted by molar-refractivity contribution is 7.92. The van der Waals surface area contributed by atoms with Gasteiger partial charge in [0, 0.05) is 0 Å². The summed E-state index contributed by atoms with van der Waals surface area (Å²) in [7, 11) is -3.37. The van der Waals surface area contributed by atoms with Crippen LogP contribution in [0, 0.1) is 11.3 Å². The van der Waals surface area contributed by atoms with Gasteiger partial charge in [0.05, 0.1) is 28.6 Å². The van der Waals surface area contributed by atoms with Gasteiger partial charge in [-0.25, -0.2) is 8.42 Å². The van der Waals surface area contributed by atoms with Crippen LogP contribution in [-0.2, 0) is 10.0 Å². The molecular formula is C8H7ClN2O2S. The quantitative estimate of drug-likeness (QED) is 0.839. The normalized spacial score (nSPS) is 10.6. The number of nitriles is 1. The Bertz CT molecular complexity index is 491. The molecular weight excluding hydrogens is 224 g/mol. The SMILES string of the molecule is CS(=O)(=O)Nc1cc(C#N)ccc1Cl. The zero-order chi connectivity index (χ0) is 10.8. The first-order valence-electron chi connectivity index (χ1n) is 3.60. The molecule has 0 heterocycles. The molecule has 0 bridgehead atoms. The summed E-state index contributed by atoms with van der Waals surface area (Å²) in [5.74, 6) is 0. The zero-order valence-corrected chi connectivity index (χ0v) is 8.85. The van der Waals surface area contributed by atoms with Crippen molar-refractivity contribution in [3.63, 3.8) is 0 Å². The van der Waals surface area contributed by atoms with Gasteiger partial charge in [-0.15, -0.1) is 0 Å². The maximum absolute atomic E-state index is 10.9. The highest BCUT2D eigenvalue weighted by Crippen LogP contribution is 2.23. The summed E-state index contributed by atoms with van der Waals surface area (Å²) >= 11 is 5.72. The Morgan fingerprint density at radius 3 is 2.64 bits per heavy atom. The van der Waals surface area contributed by atoms with Gasteiger partial charge in [0.15, 0.2) is 0 Å². The molecule has 1 aromatic rings. The second-order valence-electron chi connectivity index (χ2n) is 2.68. The van der Waals surface area contributed by atoms with Crippen LogP contribution in [0.5, 0.6) is 0 Å². The fourth-order valence-corrected chi connectivity index (χ4v) is 1.66. The fourth-order valence-electron chi connectivity index (χ4n) is 0.873. The van der Waals surface area contributed by atoms with Crippen LogP contribution in [0.1, 0.15) is 5.56 Å². The van der Waals surface area contributed by atoms with E-state index in [1.165, 1.54) is 18.2 Å². The van der Waals surface area contributed by atoms with Gasteiger partial charge < -0.3 is 0 Å². The molecule has 0 amide bonds. The molecule has 14 heavy (non-hydrogen) atoms. The Morgan fingerprint density at radius 1 is 1.50 bits per heavy atom. The first-order valence-corrected chi connectivity index (χ1v) is 5.87. The smallest absolute Gasteiger partial charge is 0.229 e. The standard InChI is InChI=1S/C8H7ClN2O2S/c1-14(12,13)11-8-4-6(5-10)2-3-7(8)9/h2-4,11H,1H3. The molecule has 0 unspecified atom stereocenters. The zero-order valence-electron chi connectivity index (χ0n) is 7.28. The van der Waals surface area contributed by atoms with E-state index < -0.39 is 10.0 Å². The number of nitrogens with zero attached hydrogens (tertiary/aromatic N) is 1. The van der Waals surface area contributed by atoms with Crippen LogP contribution >= 0.6 is 11.6 Å². The van der Waals surface area contributed by atoms with E-state index >= 15 is 0 Å². The van der Waals surface area contributed by atoms with Crippen molar-refractivity contribution in [2.24, 2.45) is 0 Å². The molecule has 0 saturated heterocycles. The number of halogens is 1. The third-order valence-electron chi connectivity index (χ3n) is 1.39. The van der Waals surface area contributed by atoms with Gasteiger partial charge in [0.1, 0.15) is 0 Å². The highest BCUT2D eigenvalue weighted by atomic mass is 35.5. The lowest BCUT2D eigenvalue weighted by atomic mass is 10.2. The lowest BCUT2D eigenvalue weighted by Gasteiger charge is -2.05. The summed E-state index contributed by atoms with van der Waals surface area (Å²) in [6.45, 7) is 0. The van der Waals surface area contributed by atoms with Crippen LogP contribution < -0.4 is 4.72 Å². The van der Waals surface area contributed by atoms with Gasteiger partial charge in [-0.3, -0.25) is 4.72 Å². The third-order valence-corrected chi connectivity index (χ3v) is 2.31. The number of sulfonamides is 1. The summed E-state index contributed by atoms with van der Waals surface area (Å²) in [5, 5.41) is 8.84. The van der Waals surface area contributed by atoms with Crippen LogP contribution in [0.15, 0.2) is 18.2 Å². The van der Waals surface area contributed by atoms with E-state index in [1.807, 2.05) is 6.07 Å². The molecule has 74 valence electrons. The van der Waals surface area contributed by atoms with Crippen molar-refractivity contribution >= 4 is 27.3 Å². The summed E-state index contributed by atoms with van der Waals surface area (Å²) < 4.78 is 24.0. The lowest BCUT2D eigenvalue weighted by molar-refractivity contribution is 0.607. The minimum Gasteiger partial charge on any atom is -0.282 e. The van der Waals surface area contributed by atoms with E-state index in [4.69, 9.17) is 16.9 Å². The van der Waals surface area contributed by atoms with Gasteiger partial charge in [-0.05, 0) is 18.2 Å². The van der Waals surface area contributed by atoms with Crippen molar-refractivity contribution in [2.45, 2.75) is 0 Å². The molecule has 1 rings (SSSR count). The number of rotatable bonds is 2. The van der Waals surface area contributed by atoms with Crippen molar-refractivity contribution in [3.05, 3.63) is 28.8 Å². The fraction of sp³-hybridized carbons (Fsp3) is 0.125. The van der Waals surface area contributed by atoms with Crippen LogP contribution in [-0.4, -0.2) is 14.7 Å². The van der Waals surface area contributed by atoms with Crippen molar-refractivity contribution in [1.82, 2.24) is 0 Å². The lowest BCUT2D eigenvalue weighted by Crippen LogP contribution is -2.09. The molecule has 0 spiro atoms. The molecule has 0 aliphatic rings. The number of anilines is 1. The van der Waals surface area contributed by atoms with E-state index in [9.17, 15) is 8.42 Å². The Morgan fingerprint density at radius 2 is 2.14 bits per heavy atom. The molecule has 0 radical (unpaired) electrons. The van der Waals surface area contributed by atoms with E-state index in [1.54, 1.807) is 0 Å². The molecule has 6 heteroatoms. The number of benzene rings is 1. The first kappa shape index (κ1) is 10.8. The molecule has 0 aliphatic heterocycles. The van der Waals surface area contributed by atoms with Crippen molar-refractivity contribution in [3.8, 4) is 6.07 Å². The average Bonchev–Trinajstić information content (AvgIpc) is 2.06.